The predicted molar refractivity (Wildman–Crippen MR) is 142 cm³/mol. The maximum Gasteiger partial charge on any atom is 0.300 e. The Bertz CT molecular complexity index is 1330. The highest BCUT2D eigenvalue weighted by molar-refractivity contribution is 9.10. The number of fused-ring (bicyclic) bond motifs is 1. The van der Waals surface area contributed by atoms with Crippen LogP contribution in [0.5, 0.6) is 11.5 Å². The normalized spacial score (nSPS) is 16.9. The summed E-state index contributed by atoms with van der Waals surface area (Å²) in [6.45, 7) is 1.32. The van der Waals surface area contributed by atoms with Crippen LogP contribution in [0, 0.1) is 0 Å². The third kappa shape index (κ3) is 6.20. The van der Waals surface area contributed by atoms with Gasteiger partial charge in [0.05, 0.1) is 6.61 Å². The number of amides is 1. The molecule has 9 nitrogen and oxygen atoms in total. The van der Waals surface area contributed by atoms with Crippen molar-refractivity contribution in [2.24, 2.45) is 0 Å². The van der Waals surface area contributed by atoms with Gasteiger partial charge in [0.1, 0.15) is 22.7 Å². The molecule has 188 valence electrons. The maximum absolute atomic E-state index is 12.7. The van der Waals surface area contributed by atoms with Crippen molar-refractivity contribution >= 4 is 44.6 Å². The molecule has 2 aromatic carbocycles. The van der Waals surface area contributed by atoms with Crippen LogP contribution in [-0.4, -0.2) is 48.2 Å². The first-order valence-electron chi connectivity index (χ1n) is 11.2. The molecule has 2 atom stereocenters. The van der Waals surface area contributed by atoms with Gasteiger partial charge in [0.15, 0.2) is 5.58 Å². The number of aromatic nitrogens is 2. The molecule has 1 aliphatic rings. The van der Waals surface area contributed by atoms with Crippen LogP contribution in [0.25, 0.3) is 11.1 Å². The average Bonchev–Trinajstić information content (AvgIpc) is 3.46. The third-order valence-corrected chi connectivity index (χ3v) is 6.11. The predicted octanol–water partition coefficient (Wildman–Crippen LogP) is 5.26. The Morgan fingerprint density at radius 2 is 1.97 bits per heavy atom. The monoisotopic (exact) mass is 553 g/mol. The standard InChI is InChI=1S/C25H24BrN5O4.CH4/c1-33-14-18-10-17(13-28-18)29-24(32)22-12-20(8-9-27-22)34-19-6-7-23-21(11-19)31-25(35-23)30-16-4-2-15(26)3-5-16;/h2-9,11-12,17-18,28H,10,13-14H2,1H3,(H,29,32)(H,30,31);1H4/t17-,18-;/m1./s1. The van der Waals surface area contributed by atoms with Crippen molar-refractivity contribution in [2.45, 2.75) is 25.9 Å². The topological polar surface area (TPSA) is 111 Å². The van der Waals surface area contributed by atoms with Crippen LogP contribution in [0.1, 0.15) is 24.3 Å². The number of hydrogen-bond donors (Lipinski definition) is 3. The minimum Gasteiger partial charge on any atom is -0.457 e. The molecule has 0 radical (unpaired) electrons. The first-order valence-corrected chi connectivity index (χ1v) is 12.0. The minimum atomic E-state index is -0.240. The number of carbonyl (C=O) groups is 1. The second-order valence-electron chi connectivity index (χ2n) is 8.23. The average molecular weight is 554 g/mol. The lowest BCUT2D eigenvalue weighted by Crippen LogP contribution is -2.36. The number of carbonyl (C=O) groups excluding carboxylic acids is 1. The summed E-state index contributed by atoms with van der Waals surface area (Å²) in [6.07, 6.45) is 2.37. The molecule has 2 aromatic heterocycles. The van der Waals surface area contributed by atoms with E-state index in [1.807, 2.05) is 24.3 Å². The largest absolute Gasteiger partial charge is 0.457 e. The van der Waals surface area contributed by atoms with Gasteiger partial charge in [-0.1, -0.05) is 23.4 Å². The van der Waals surface area contributed by atoms with Crippen LogP contribution in [-0.2, 0) is 4.74 Å². The van der Waals surface area contributed by atoms with Crippen molar-refractivity contribution < 1.29 is 18.7 Å². The molecule has 0 bridgehead atoms. The van der Waals surface area contributed by atoms with Gasteiger partial charge < -0.3 is 29.8 Å². The third-order valence-electron chi connectivity index (χ3n) is 5.58. The fourth-order valence-corrected chi connectivity index (χ4v) is 4.20. The van der Waals surface area contributed by atoms with Gasteiger partial charge in [-0.25, -0.2) is 0 Å². The van der Waals surface area contributed by atoms with Crippen LogP contribution in [0.2, 0.25) is 0 Å². The molecule has 1 amide bonds. The first-order chi connectivity index (χ1) is 17.1. The number of halogens is 1. The number of benzene rings is 2. The van der Waals surface area contributed by atoms with E-state index in [1.165, 1.54) is 0 Å². The zero-order valence-electron chi connectivity index (χ0n) is 19.0. The Labute approximate surface area is 217 Å². The fourth-order valence-electron chi connectivity index (χ4n) is 3.93. The van der Waals surface area contributed by atoms with Crippen molar-refractivity contribution in [3.8, 4) is 11.5 Å². The Balaban J connectivity index is 0.00000304. The van der Waals surface area contributed by atoms with Gasteiger partial charge in [-0.2, -0.15) is 4.98 Å². The molecule has 0 unspecified atom stereocenters. The Morgan fingerprint density at radius 1 is 1.17 bits per heavy atom. The second kappa shape index (κ2) is 11.5. The van der Waals surface area contributed by atoms with Crippen molar-refractivity contribution in [3.63, 3.8) is 0 Å². The van der Waals surface area contributed by atoms with Gasteiger partial charge in [-0.3, -0.25) is 9.78 Å². The molecule has 1 fully saturated rings. The molecule has 10 heteroatoms. The summed E-state index contributed by atoms with van der Waals surface area (Å²) in [4.78, 5) is 21.4. The lowest BCUT2D eigenvalue weighted by Gasteiger charge is -2.12. The van der Waals surface area contributed by atoms with E-state index in [1.54, 1.807) is 43.6 Å². The molecular weight excluding hydrogens is 526 g/mol. The summed E-state index contributed by atoms with van der Waals surface area (Å²) in [5.74, 6) is 0.833. The van der Waals surface area contributed by atoms with Gasteiger partial charge in [-0.05, 0) is 48.9 Å². The van der Waals surface area contributed by atoms with Gasteiger partial charge in [0.2, 0.25) is 0 Å². The fraction of sp³-hybridized carbons (Fsp3) is 0.269. The number of pyridine rings is 1. The highest BCUT2D eigenvalue weighted by Crippen LogP contribution is 2.28. The van der Waals surface area contributed by atoms with Crippen molar-refractivity contribution in [1.29, 1.82) is 0 Å². The molecule has 0 saturated carbocycles. The van der Waals surface area contributed by atoms with E-state index >= 15 is 0 Å². The summed E-state index contributed by atoms with van der Waals surface area (Å²) < 4.78 is 17.9. The van der Waals surface area contributed by atoms with E-state index in [-0.39, 0.29) is 25.4 Å². The van der Waals surface area contributed by atoms with Crippen molar-refractivity contribution in [3.05, 3.63) is 71.0 Å². The Hall–Kier alpha value is -3.47. The van der Waals surface area contributed by atoms with E-state index in [2.05, 4.69) is 41.8 Å². The molecule has 3 heterocycles. The number of anilines is 2. The number of nitrogens with zero attached hydrogens (tertiary/aromatic N) is 2. The number of nitrogens with one attached hydrogen (secondary N) is 3. The maximum atomic E-state index is 12.7. The van der Waals surface area contributed by atoms with Crippen LogP contribution < -0.4 is 20.7 Å². The summed E-state index contributed by atoms with van der Waals surface area (Å²) in [5.41, 5.74) is 2.43. The quantitative estimate of drug-likeness (QED) is 0.271. The van der Waals surface area contributed by atoms with E-state index in [4.69, 9.17) is 13.9 Å². The first kappa shape index (κ1) is 25.6. The summed E-state index contributed by atoms with van der Waals surface area (Å²) >= 11 is 3.42. The lowest BCUT2D eigenvalue weighted by atomic mass is 10.2. The SMILES string of the molecule is C.COC[C@H]1C[C@@H](NC(=O)c2cc(Oc3ccc4oc(Nc5ccc(Br)cc5)nc4c3)ccn2)CN1. The highest BCUT2D eigenvalue weighted by Gasteiger charge is 2.25. The molecule has 0 aliphatic carbocycles. The van der Waals surface area contributed by atoms with Crippen LogP contribution in [0.4, 0.5) is 11.7 Å². The number of hydrogen-bond acceptors (Lipinski definition) is 8. The molecular formula is C26H28BrN5O4. The smallest absolute Gasteiger partial charge is 0.300 e. The summed E-state index contributed by atoms with van der Waals surface area (Å²) in [6, 6.07) is 17.1. The molecule has 36 heavy (non-hydrogen) atoms. The van der Waals surface area contributed by atoms with E-state index in [9.17, 15) is 4.79 Å². The van der Waals surface area contributed by atoms with E-state index in [0.717, 1.165) is 16.6 Å². The minimum absolute atomic E-state index is 0. The lowest BCUT2D eigenvalue weighted by molar-refractivity contribution is 0.0933. The molecule has 5 rings (SSSR count). The van der Waals surface area contributed by atoms with Crippen molar-refractivity contribution in [1.82, 2.24) is 20.6 Å². The van der Waals surface area contributed by atoms with E-state index in [0.29, 0.717) is 47.5 Å². The Morgan fingerprint density at radius 3 is 2.78 bits per heavy atom. The van der Waals surface area contributed by atoms with Gasteiger partial charge in [0.25, 0.3) is 11.9 Å². The highest BCUT2D eigenvalue weighted by atomic mass is 79.9. The molecule has 4 aromatic rings. The number of rotatable bonds is 8. The van der Waals surface area contributed by atoms with Gasteiger partial charge >= 0.3 is 0 Å². The molecule has 1 saturated heterocycles. The number of oxazole rings is 1. The van der Waals surface area contributed by atoms with E-state index < -0.39 is 0 Å². The number of ether oxygens (including phenoxy) is 2. The van der Waals surface area contributed by atoms with Crippen LogP contribution in [0.15, 0.2) is 69.7 Å². The van der Waals surface area contributed by atoms with Gasteiger partial charge in [0, 0.05) is 54.2 Å². The van der Waals surface area contributed by atoms with Crippen LogP contribution >= 0.6 is 15.9 Å². The summed E-state index contributed by atoms with van der Waals surface area (Å²) in [7, 11) is 1.67. The van der Waals surface area contributed by atoms with Gasteiger partial charge in [-0.15, -0.1) is 0 Å². The molecule has 1 aliphatic heterocycles. The van der Waals surface area contributed by atoms with Crippen molar-refractivity contribution in [2.75, 3.05) is 25.6 Å². The zero-order valence-corrected chi connectivity index (χ0v) is 20.5. The molecule has 3 N–H and O–H groups in total. The summed E-state index contributed by atoms with van der Waals surface area (Å²) in [5, 5.41) is 9.50. The second-order valence-corrected chi connectivity index (χ2v) is 9.14. The number of methoxy groups -OCH3 is 1. The van der Waals surface area contributed by atoms with Crippen LogP contribution in [0.3, 0.4) is 0 Å². The zero-order chi connectivity index (χ0) is 24.2. The molecule has 0 spiro atoms. The Kier molecular flexibility index (Phi) is 8.19.